The lowest BCUT2D eigenvalue weighted by atomic mass is 10.1. The molecule has 0 bridgehead atoms. The van der Waals surface area contributed by atoms with E-state index in [0.29, 0.717) is 5.69 Å². The fraction of sp³-hybridized carbons (Fsp3) is 0.200. The number of benzene rings is 2. The number of nitrogens with zero attached hydrogens (tertiary/aromatic N) is 2. The van der Waals surface area contributed by atoms with Crippen LogP contribution < -0.4 is 4.74 Å². The van der Waals surface area contributed by atoms with Crippen LogP contribution in [0.5, 0.6) is 5.75 Å². The average molecular weight is 350 g/mol. The van der Waals surface area contributed by atoms with E-state index in [2.05, 4.69) is 4.98 Å². The maximum atomic E-state index is 13.2. The molecule has 1 fully saturated rings. The van der Waals surface area contributed by atoms with Crippen molar-refractivity contribution in [3.05, 3.63) is 72.1 Å². The molecule has 1 aliphatic rings. The zero-order valence-corrected chi connectivity index (χ0v) is 14.7. The van der Waals surface area contributed by atoms with Gasteiger partial charge in [-0.1, -0.05) is 36.4 Å². The molecule has 1 amide bonds. The molecule has 4 rings (SSSR count). The van der Waals surface area contributed by atoms with E-state index in [1.807, 2.05) is 59.5 Å². The van der Waals surface area contributed by atoms with E-state index >= 15 is 0 Å². The fourth-order valence-corrected chi connectivity index (χ4v) is 4.40. The van der Waals surface area contributed by atoms with Crippen molar-refractivity contribution in [2.45, 2.75) is 5.37 Å². The van der Waals surface area contributed by atoms with E-state index in [4.69, 9.17) is 4.74 Å². The third-order valence-corrected chi connectivity index (χ3v) is 5.69. The molecule has 0 saturated carbocycles. The van der Waals surface area contributed by atoms with Crippen LogP contribution in [0.25, 0.3) is 10.8 Å². The number of carbonyl (C=O) groups excluding carboxylic acids is 1. The van der Waals surface area contributed by atoms with Gasteiger partial charge in [-0.15, -0.1) is 11.8 Å². The number of ether oxygens (including phenoxy) is 1. The van der Waals surface area contributed by atoms with E-state index in [0.717, 1.165) is 34.4 Å². The Kier molecular flexibility index (Phi) is 4.32. The van der Waals surface area contributed by atoms with Gasteiger partial charge in [0.1, 0.15) is 16.8 Å². The monoisotopic (exact) mass is 350 g/mol. The first-order chi connectivity index (χ1) is 12.3. The second-order valence-electron chi connectivity index (χ2n) is 5.88. The average Bonchev–Trinajstić information content (AvgIpc) is 3.17. The summed E-state index contributed by atoms with van der Waals surface area (Å²) in [6.45, 7) is 0.727. The zero-order valence-electron chi connectivity index (χ0n) is 13.9. The Labute approximate surface area is 150 Å². The van der Waals surface area contributed by atoms with E-state index in [9.17, 15) is 4.79 Å². The standard InChI is InChI=1S/C20H18N2O2S/c1-24-16-8-6-15(7-9-16)20-22(12-13-25-20)19(23)18-17-5-3-2-4-14(17)10-11-21-18/h2-11,20H,12-13H2,1H3. The molecule has 1 saturated heterocycles. The highest BCUT2D eigenvalue weighted by Gasteiger charge is 2.32. The van der Waals surface area contributed by atoms with Crippen molar-refractivity contribution >= 4 is 28.4 Å². The van der Waals surface area contributed by atoms with Crippen molar-refractivity contribution in [3.8, 4) is 5.75 Å². The second kappa shape index (κ2) is 6.76. The molecule has 2 aromatic carbocycles. The van der Waals surface area contributed by atoms with Gasteiger partial charge in [0.2, 0.25) is 0 Å². The summed E-state index contributed by atoms with van der Waals surface area (Å²) in [5, 5.41) is 1.95. The first-order valence-electron chi connectivity index (χ1n) is 8.18. The predicted octanol–water partition coefficient (Wildman–Crippen LogP) is 4.13. The number of amides is 1. The van der Waals surface area contributed by atoms with Crippen LogP contribution in [0, 0.1) is 0 Å². The normalized spacial score (nSPS) is 17.0. The first-order valence-corrected chi connectivity index (χ1v) is 9.23. The third-order valence-electron chi connectivity index (χ3n) is 4.43. The summed E-state index contributed by atoms with van der Waals surface area (Å²) in [7, 11) is 1.65. The van der Waals surface area contributed by atoms with Crippen LogP contribution in [0.2, 0.25) is 0 Å². The molecule has 1 aromatic heterocycles. The minimum Gasteiger partial charge on any atom is -0.497 e. The molecule has 0 N–H and O–H groups in total. The van der Waals surface area contributed by atoms with Crippen LogP contribution in [-0.4, -0.2) is 35.2 Å². The van der Waals surface area contributed by atoms with Crippen molar-refractivity contribution < 1.29 is 9.53 Å². The zero-order chi connectivity index (χ0) is 17.2. The van der Waals surface area contributed by atoms with Crippen LogP contribution >= 0.6 is 11.8 Å². The SMILES string of the molecule is COc1ccc(C2SCCN2C(=O)c2nccc3ccccc23)cc1. The topological polar surface area (TPSA) is 42.4 Å². The summed E-state index contributed by atoms with van der Waals surface area (Å²) in [5.74, 6) is 1.73. The predicted molar refractivity (Wildman–Crippen MR) is 101 cm³/mol. The van der Waals surface area contributed by atoms with Crippen LogP contribution in [0.15, 0.2) is 60.8 Å². The van der Waals surface area contributed by atoms with E-state index in [1.165, 1.54) is 0 Å². The van der Waals surface area contributed by atoms with Crippen LogP contribution in [-0.2, 0) is 0 Å². The lowest BCUT2D eigenvalue weighted by Gasteiger charge is -2.24. The highest BCUT2D eigenvalue weighted by Crippen LogP contribution is 2.39. The van der Waals surface area contributed by atoms with Gasteiger partial charge in [0.25, 0.3) is 5.91 Å². The molecule has 1 aliphatic heterocycles. The molecule has 1 unspecified atom stereocenters. The summed E-state index contributed by atoms with van der Waals surface area (Å²) < 4.78 is 5.23. The molecule has 25 heavy (non-hydrogen) atoms. The summed E-state index contributed by atoms with van der Waals surface area (Å²) in [4.78, 5) is 19.5. The van der Waals surface area contributed by atoms with Gasteiger partial charge < -0.3 is 9.64 Å². The van der Waals surface area contributed by atoms with E-state index < -0.39 is 0 Å². The Bertz CT molecular complexity index is 906. The van der Waals surface area contributed by atoms with Crippen molar-refractivity contribution in [1.82, 2.24) is 9.88 Å². The summed E-state index contributed by atoms with van der Waals surface area (Å²) >= 11 is 1.78. The van der Waals surface area contributed by atoms with Gasteiger partial charge in [0.15, 0.2) is 0 Å². The Morgan fingerprint density at radius 3 is 2.76 bits per heavy atom. The second-order valence-corrected chi connectivity index (χ2v) is 7.06. The number of thioether (sulfide) groups is 1. The van der Waals surface area contributed by atoms with Gasteiger partial charge in [-0.2, -0.15) is 0 Å². The molecule has 0 radical (unpaired) electrons. The first kappa shape index (κ1) is 16.0. The quantitative estimate of drug-likeness (QED) is 0.712. The molecule has 2 heterocycles. The molecular weight excluding hydrogens is 332 g/mol. The molecule has 4 nitrogen and oxygen atoms in total. The Hall–Kier alpha value is -2.53. The lowest BCUT2D eigenvalue weighted by Crippen LogP contribution is -2.31. The van der Waals surface area contributed by atoms with Gasteiger partial charge in [0, 0.05) is 23.9 Å². The number of fused-ring (bicyclic) bond motifs is 1. The molecule has 5 heteroatoms. The van der Waals surface area contributed by atoms with Crippen molar-refractivity contribution in [1.29, 1.82) is 0 Å². The smallest absolute Gasteiger partial charge is 0.274 e. The maximum absolute atomic E-state index is 13.2. The highest BCUT2D eigenvalue weighted by molar-refractivity contribution is 7.99. The summed E-state index contributed by atoms with van der Waals surface area (Å²) in [6, 6.07) is 17.8. The number of hydrogen-bond acceptors (Lipinski definition) is 4. The number of rotatable bonds is 3. The van der Waals surface area contributed by atoms with Crippen LogP contribution in [0.4, 0.5) is 0 Å². The number of carbonyl (C=O) groups is 1. The largest absolute Gasteiger partial charge is 0.497 e. The van der Waals surface area contributed by atoms with E-state index in [-0.39, 0.29) is 11.3 Å². The Morgan fingerprint density at radius 1 is 1.16 bits per heavy atom. The van der Waals surface area contributed by atoms with Gasteiger partial charge >= 0.3 is 0 Å². The van der Waals surface area contributed by atoms with Crippen LogP contribution in [0.1, 0.15) is 21.4 Å². The van der Waals surface area contributed by atoms with Crippen molar-refractivity contribution in [2.24, 2.45) is 0 Å². The Morgan fingerprint density at radius 2 is 1.96 bits per heavy atom. The van der Waals surface area contributed by atoms with Crippen molar-refractivity contribution in [2.75, 3.05) is 19.4 Å². The Balaban J connectivity index is 1.68. The molecule has 0 aliphatic carbocycles. The molecular formula is C20H18N2O2S. The van der Waals surface area contributed by atoms with Gasteiger partial charge in [-0.3, -0.25) is 9.78 Å². The number of methoxy groups -OCH3 is 1. The van der Waals surface area contributed by atoms with E-state index in [1.54, 1.807) is 25.1 Å². The summed E-state index contributed by atoms with van der Waals surface area (Å²) in [5.41, 5.74) is 1.64. The fourth-order valence-electron chi connectivity index (χ4n) is 3.15. The van der Waals surface area contributed by atoms with Crippen LogP contribution in [0.3, 0.4) is 0 Å². The molecule has 1 atom stereocenters. The molecule has 3 aromatic rings. The van der Waals surface area contributed by atoms with Gasteiger partial charge in [-0.05, 0) is 29.1 Å². The van der Waals surface area contributed by atoms with Crippen molar-refractivity contribution in [3.63, 3.8) is 0 Å². The van der Waals surface area contributed by atoms with Gasteiger partial charge in [-0.25, -0.2) is 0 Å². The highest BCUT2D eigenvalue weighted by atomic mass is 32.2. The lowest BCUT2D eigenvalue weighted by molar-refractivity contribution is 0.0756. The summed E-state index contributed by atoms with van der Waals surface area (Å²) in [6.07, 6.45) is 1.71. The minimum atomic E-state index is -0.0115. The maximum Gasteiger partial charge on any atom is 0.274 e. The number of hydrogen-bond donors (Lipinski definition) is 0. The molecule has 126 valence electrons. The minimum absolute atomic E-state index is 0.0115. The molecule has 0 spiro atoms. The number of pyridine rings is 1. The number of aromatic nitrogens is 1. The van der Waals surface area contributed by atoms with Gasteiger partial charge in [0.05, 0.1) is 7.11 Å². The third kappa shape index (κ3) is 2.96.